The first-order chi connectivity index (χ1) is 9.58. The minimum Gasteiger partial charge on any atom is -0.490 e. The number of hydrogen-bond donors (Lipinski definition) is 2. The molecule has 1 rings (SSSR count). The second-order valence-corrected chi connectivity index (χ2v) is 3.87. The predicted molar refractivity (Wildman–Crippen MR) is 71.8 cm³/mol. The fourth-order valence-electron chi connectivity index (χ4n) is 1.43. The smallest absolute Gasteiger partial charge is 0.311 e. The molecule has 1 aromatic carbocycles. The van der Waals surface area contributed by atoms with Crippen molar-refractivity contribution in [2.75, 3.05) is 26.8 Å². The molecular formula is C12H17N3O5. The Morgan fingerprint density at radius 3 is 2.85 bits per heavy atom. The van der Waals surface area contributed by atoms with Crippen LogP contribution in [0.15, 0.2) is 18.2 Å². The number of nitrogens with zero attached hydrogens (tertiary/aromatic N) is 1. The lowest BCUT2D eigenvalue weighted by Gasteiger charge is -2.08. The van der Waals surface area contributed by atoms with E-state index in [4.69, 9.17) is 15.2 Å². The lowest BCUT2D eigenvalue weighted by atomic mass is 10.3. The number of amides is 1. The van der Waals surface area contributed by atoms with Crippen LogP contribution in [0.1, 0.15) is 6.42 Å². The van der Waals surface area contributed by atoms with Crippen molar-refractivity contribution >= 4 is 11.6 Å². The number of carbonyl (C=O) groups excluding carboxylic acids is 1. The van der Waals surface area contributed by atoms with Crippen molar-refractivity contribution in [3.8, 4) is 11.5 Å². The van der Waals surface area contributed by atoms with Crippen LogP contribution in [-0.2, 0) is 4.79 Å². The van der Waals surface area contributed by atoms with E-state index in [1.54, 1.807) is 0 Å². The quantitative estimate of drug-likeness (QED) is 0.406. The van der Waals surface area contributed by atoms with Crippen molar-refractivity contribution in [3.63, 3.8) is 0 Å². The molecule has 0 saturated carbocycles. The molecular weight excluding hydrogens is 266 g/mol. The van der Waals surface area contributed by atoms with E-state index in [1.165, 1.54) is 25.3 Å². The first-order valence-corrected chi connectivity index (χ1v) is 6.00. The number of methoxy groups -OCH3 is 1. The molecule has 3 N–H and O–H groups in total. The second-order valence-electron chi connectivity index (χ2n) is 3.87. The number of nitro groups is 1. The highest BCUT2D eigenvalue weighted by Crippen LogP contribution is 2.30. The van der Waals surface area contributed by atoms with Gasteiger partial charge in [0.25, 0.3) is 5.91 Å². The van der Waals surface area contributed by atoms with Gasteiger partial charge in [0.15, 0.2) is 6.61 Å². The lowest BCUT2D eigenvalue weighted by molar-refractivity contribution is -0.385. The monoisotopic (exact) mass is 283 g/mol. The van der Waals surface area contributed by atoms with Gasteiger partial charge in [-0.15, -0.1) is 0 Å². The molecule has 1 aromatic rings. The van der Waals surface area contributed by atoms with Crippen molar-refractivity contribution in [1.29, 1.82) is 0 Å². The van der Waals surface area contributed by atoms with Crippen LogP contribution in [0, 0.1) is 10.1 Å². The number of ether oxygens (including phenoxy) is 2. The maximum atomic E-state index is 11.4. The summed E-state index contributed by atoms with van der Waals surface area (Å²) < 4.78 is 10.1. The molecule has 20 heavy (non-hydrogen) atoms. The number of nitrogens with two attached hydrogens (primary N) is 1. The molecule has 0 aromatic heterocycles. The van der Waals surface area contributed by atoms with Crippen LogP contribution in [0.25, 0.3) is 0 Å². The summed E-state index contributed by atoms with van der Waals surface area (Å²) in [6.45, 7) is 0.814. The van der Waals surface area contributed by atoms with Gasteiger partial charge in [-0.05, 0) is 19.0 Å². The summed E-state index contributed by atoms with van der Waals surface area (Å²) in [4.78, 5) is 21.6. The van der Waals surface area contributed by atoms with E-state index in [9.17, 15) is 14.9 Å². The maximum absolute atomic E-state index is 11.4. The molecule has 0 aliphatic carbocycles. The van der Waals surface area contributed by atoms with Crippen molar-refractivity contribution in [3.05, 3.63) is 28.3 Å². The molecule has 0 fully saturated rings. The fraction of sp³-hybridized carbons (Fsp3) is 0.417. The standard InChI is InChI=1S/C12H17N3O5/c1-19-11-7-9(3-4-10(11)15(17)18)20-8-12(16)14-6-2-5-13/h3-4,7H,2,5-6,8,13H2,1H3,(H,14,16). The molecule has 0 bridgehead atoms. The van der Waals surface area contributed by atoms with Crippen LogP contribution in [0.2, 0.25) is 0 Å². The van der Waals surface area contributed by atoms with Crippen LogP contribution < -0.4 is 20.5 Å². The summed E-state index contributed by atoms with van der Waals surface area (Å²) in [5.74, 6) is 0.119. The predicted octanol–water partition coefficient (Wildman–Crippen LogP) is 0.447. The Morgan fingerprint density at radius 1 is 1.50 bits per heavy atom. The molecule has 0 heterocycles. The van der Waals surface area contributed by atoms with Gasteiger partial charge in [-0.1, -0.05) is 0 Å². The number of nitro benzene ring substituents is 1. The Morgan fingerprint density at radius 2 is 2.25 bits per heavy atom. The summed E-state index contributed by atoms with van der Waals surface area (Å²) in [6.07, 6.45) is 0.692. The molecule has 0 aliphatic rings. The summed E-state index contributed by atoms with van der Waals surface area (Å²) in [6, 6.07) is 4.04. The lowest BCUT2D eigenvalue weighted by Crippen LogP contribution is -2.30. The van der Waals surface area contributed by atoms with E-state index in [0.29, 0.717) is 25.3 Å². The van der Waals surface area contributed by atoms with Gasteiger partial charge in [-0.3, -0.25) is 14.9 Å². The van der Waals surface area contributed by atoms with Crippen molar-refractivity contribution < 1.29 is 19.2 Å². The van der Waals surface area contributed by atoms with Gasteiger partial charge in [-0.2, -0.15) is 0 Å². The van der Waals surface area contributed by atoms with E-state index in [-0.39, 0.29) is 24.0 Å². The number of benzene rings is 1. The van der Waals surface area contributed by atoms with Crippen LogP contribution >= 0.6 is 0 Å². The van der Waals surface area contributed by atoms with Crippen LogP contribution in [0.4, 0.5) is 5.69 Å². The Balaban J connectivity index is 2.56. The van der Waals surface area contributed by atoms with E-state index in [0.717, 1.165) is 0 Å². The largest absolute Gasteiger partial charge is 0.490 e. The van der Waals surface area contributed by atoms with Gasteiger partial charge < -0.3 is 20.5 Å². The first kappa shape index (κ1) is 15.7. The zero-order valence-electron chi connectivity index (χ0n) is 11.1. The molecule has 0 saturated heterocycles. The average molecular weight is 283 g/mol. The zero-order valence-corrected chi connectivity index (χ0v) is 11.1. The highest BCUT2D eigenvalue weighted by Gasteiger charge is 2.15. The Bertz CT molecular complexity index is 478. The van der Waals surface area contributed by atoms with Crippen molar-refractivity contribution in [1.82, 2.24) is 5.32 Å². The summed E-state index contributed by atoms with van der Waals surface area (Å²) >= 11 is 0. The highest BCUT2D eigenvalue weighted by atomic mass is 16.6. The van der Waals surface area contributed by atoms with Gasteiger partial charge in [0.2, 0.25) is 5.75 Å². The molecule has 0 spiro atoms. The molecule has 8 nitrogen and oxygen atoms in total. The van der Waals surface area contributed by atoms with E-state index in [1.807, 2.05) is 0 Å². The Labute approximate surface area is 116 Å². The fourth-order valence-corrected chi connectivity index (χ4v) is 1.43. The third kappa shape index (κ3) is 4.73. The van der Waals surface area contributed by atoms with E-state index in [2.05, 4.69) is 5.32 Å². The molecule has 0 aliphatic heterocycles. The van der Waals surface area contributed by atoms with Crippen LogP contribution in [-0.4, -0.2) is 37.6 Å². The molecule has 0 radical (unpaired) electrons. The minimum atomic E-state index is -0.553. The average Bonchev–Trinajstić information content (AvgIpc) is 2.44. The molecule has 0 atom stereocenters. The summed E-state index contributed by atoms with van der Waals surface area (Å²) in [5.41, 5.74) is 5.14. The topological polar surface area (TPSA) is 117 Å². The van der Waals surface area contributed by atoms with Gasteiger partial charge in [0.1, 0.15) is 5.75 Å². The normalized spacial score (nSPS) is 9.90. The van der Waals surface area contributed by atoms with Crippen molar-refractivity contribution in [2.24, 2.45) is 5.73 Å². The Kier molecular flexibility index (Phi) is 6.24. The molecule has 1 amide bonds. The number of carbonyl (C=O) groups is 1. The third-order valence-corrected chi connectivity index (χ3v) is 2.42. The third-order valence-electron chi connectivity index (χ3n) is 2.42. The minimum absolute atomic E-state index is 0.0797. The first-order valence-electron chi connectivity index (χ1n) is 6.00. The second kappa shape index (κ2) is 7.95. The molecule has 0 unspecified atom stereocenters. The Hall–Kier alpha value is -2.35. The number of rotatable bonds is 8. The summed E-state index contributed by atoms with van der Waals surface area (Å²) in [7, 11) is 1.33. The van der Waals surface area contributed by atoms with Gasteiger partial charge in [0, 0.05) is 18.7 Å². The van der Waals surface area contributed by atoms with Gasteiger partial charge >= 0.3 is 5.69 Å². The highest BCUT2D eigenvalue weighted by molar-refractivity contribution is 5.77. The number of nitrogens with one attached hydrogen (secondary N) is 1. The summed E-state index contributed by atoms with van der Waals surface area (Å²) in [5, 5.41) is 13.3. The van der Waals surface area contributed by atoms with Gasteiger partial charge in [-0.25, -0.2) is 0 Å². The SMILES string of the molecule is COc1cc(OCC(=O)NCCCN)ccc1[N+](=O)[O-]. The zero-order chi connectivity index (χ0) is 15.0. The van der Waals surface area contributed by atoms with Gasteiger partial charge in [0.05, 0.1) is 12.0 Å². The van der Waals surface area contributed by atoms with Crippen molar-refractivity contribution in [2.45, 2.75) is 6.42 Å². The van der Waals surface area contributed by atoms with E-state index < -0.39 is 4.92 Å². The molecule has 8 heteroatoms. The maximum Gasteiger partial charge on any atom is 0.311 e. The number of hydrogen-bond acceptors (Lipinski definition) is 6. The van der Waals surface area contributed by atoms with E-state index >= 15 is 0 Å². The van der Waals surface area contributed by atoms with Crippen LogP contribution in [0.3, 0.4) is 0 Å². The van der Waals surface area contributed by atoms with Crippen LogP contribution in [0.5, 0.6) is 11.5 Å². The molecule has 110 valence electrons.